The summed E-state index contributed by atoms with van der Waals surface area (Å²) in [6, 6.07) is 5.72. The van der Waals surface area contributed by atoms with Crippen LogP contribution in [-0.4, -0.2) is 22.2 Å². The smallest absolute Gasteiger partial charge is 0.387 e. The molecule has 0 spiro atoms. The average molecular weight is 306 g/mol. The SMILES string of the molecule is Cc1nn(C)c(C)c1/C=C/C(=O)c1cccc(OC(F)F)c1. The molecular weight excluding hydrogens is 290 g/mol. The van der Waals surface area contributed by atoms with Crippen LogP contribution in [0.1, 0.15) is 27.3 Å². The molecular formula is C16H16F2N2O2. The summed E-state index contributed by atoms with van der Waals surface area (Å²) >= 11 is 0. The summed E-state index contributed by atoms with van der Waals surface area (Å²) in [5.74, 6) is -0.328. The van der Waals surface area contributed by atoms with Gasteiger partial charge in [-0.1, -0.05) is 12.1 Å². The number of benzene rings is 1. The zero-order valence-corrected chi connectivity index (χ0v) is 12.5. The number of hydrogen-bond acceptors (Lipinski definition) is 3. The number of nitrogens with zero attached hydrogens (tertiary/aromatic N) is 2. The van der Waals surface area contributed by atoms with E-state index in [0.29, 0.717) is 0 Å². The van der Waals surface area contributed by atoms with Crippen molar-refractivity contribution in [1.82, 2.24) is 9.78 Å². The molecule has 1 aromatic heterocycles. The van der Waals surface area contributed by atoms with E-state index >= 15 is 0 Å². The third-order valence-electron chi connectivity index (χ3n) is 3.31. The molecule has 0 radical (unpaired) electrons. The normalized spacial score (nSPS) is 11.4. The van der Waals surface area contributed by atoms with Crippen molar-refractivity contribution in [3.05, 3.63) is 52.9 Å². The van der Waals surface area contributed by atoms with E-state index in [2.05, 4.69) is 9.84 Å². The van der Waals surface area contributed by atoms with E-state index in [-0.39, 0.29) is 17.1 Å². The fourth-order valence-electron chi connectivity index (χ4n) is 2.11. The Labute approximate surface area is 127 Å². The lowest BCUT2D eigenvalue weighted by molar-refractivity contribution is -0.0498. The zero-order chi connectivity index (χ0) is 16.3. The molecule has 0 bridgehead atoms. The van der Waals surface area contributed by atoms with Crippen LogP contribution in [-0.2, 0) is 7.05 Å². The molecule has 1 aromatic carbocycles. The van der Waals surface area contributed by atoms with Gasteiger partial charge in [-0.25, -0.2) is 0 Å². The highest BCUT2D eigenvalue weighted by atomic mass is 19.3. The van der Waals surface area contributed by atoms with Crippen LogP contribution < -0.4 is 4.74 Å². The van der Waals surface area contributed by atoms with Crippen molar-refractivity contribution in [1.29, 1.82) is 0 Å². The average Bonchev–Trinajstić information content (AvgIpc) is 2.69. The Balaban J connectivity index is 2.20. The van der Waals surface area contributed by atoms with E-state index in [4.69, 9.17) is 0 Å². The third kappa shape index (κ3) is 3.58. The molecule has 0 fully saturated rings. The van der Waals surface area contributed by atoms with Crippen molar-refractivity contribution in [2.75, 3.05) is 0 Å². The summed E-state index contributed by atoms with van der Waals surface area (Å²) in [5.41, 5.74) is 2.92. The lowest BCUT2D eigenvalue weighted by Gasteiger charge is -2.05. The van der Waals surface area contributed by atoms with Crippen LogP contribution in [0.4, 0.5) is 8.78 Å². The maximum atomic E-state index is 12.2. The molecule has 4 nitrogen and oxygen atoms in total. The quantitative estimate of drug-likeness (QED) is 0.627. The number of aromatic nitrogens is 2. The van der Waals surface area contributed by atoms with Crippen molar-refractivity contribution < 1.29 is 18.3 Å². The highest BCUT2D eigenvalue weighted by Crippen LogP contribution is 2.18. The van der Waals surface area contributed by atoms with E-state index < -0.39 is 6.61 Å². The molecule has 0 saturated carbocycles. The van der Waals surface area contributed by atoms with E-state index in [1.165, 1.54) is 24.3 Å². The van der Waals surface area contributed by atoms with Crippen LogP contribution in [0.25, 0.3) is 6.08 Å². The lowest BCUT2D eigenvalue weighted by Crippen LogP contribution is -2.03. The number of alkyl halides is 2. The number of ether oxygens (including phenoxy) is 1. The molecule has 0 saturated heterocycles. The second-order valence-electron chi connectivity index (χ2n) is 4.81. The first-order valence-electron chi connectivity index (χ1n) is 6.66. The van der Waals surface area contributed by atoms with Gasteiger partial charge in [0.05, 0.1) is 5.69 Å². The maximum Gasteiger partial charge on any atom is 0.387 e. The van der Waals surface area contributed by atoms with Crippen molar-refractivity contribution >= 4 is 11.9 Å². The standard InChI is InChI=1S/C16H16F2N2O2/c1-10-14(11(2)20(3)19-10)7-8-15(21)12-5-4-6-13(9-12)22-16(17)18/h4-9,16H,1-3H3/b8-7+. The molecule has 0 unspecified atom stereocenters. The van der Waals surface area contributed by atoms with Gasteiger partial charge in [0.25, 0.3) is 0 Å². The highest BCUT2D eigenvalue weighted by Gasteiger charge is 2.09. The molecule has 22 heavy (non-hydrogen) atoms. The number of hydrogen-bond donors (Lipinski definition) is 0. The molecule has 2 aromatic rings. The minimum atomic E-state index is -2.92. The number of ketones is 1. The number of carbonyl (C=O) groups is 1. The molecule has 0 aliphatic rings. The molecule has 0 amide bonds. The van der Waals surface area contributed by atoms with Gasteiger partial charge in [0.15, 0.2) is 5.78 Å². The fourth-order valence-corrected chi connectivity index (χ4v) is 2.11. The Morgan fingerprint density at radius 1 is 1.36 bits per heavy atom. The van der Waals surface area contributed by atoms with Gasteiger partial charge in [-0.15, -0.1) is 0 Å². The highest BCUT2D eigenvalue weighted by molar-refractivity contribution is 6.07. The number of halogens is 2. The predicted molar refractivity (Wildman–Crippen MR) is 79.1 cm³/mol. The number of rotatable bonds is 5. The summed E-state index contributed by atoms with van der Waals surface area (Å²) in [6.07, 6.45) is 3.08. The van der Waals surface area contributed by atoms with Crippen LogP contribution >= 0.6 is 0 Å². The minimum Gasteiger partial charge on any atom is -0.435 e. The van der Waals surface area contributed by atoms with Crippen LogP contribution in [0.5, 0.6) is 5.75 Å². The van der Waals surface area contributed by atoms with Gasteiger partial charge >= 0.3 is 6.61 Å². The number of allylic oxidation sites excluding steroid dienone is 1. The molecule has 6 heteroatoms. The van der Waals surface area contributed by atoms with Crippen LogP contribution in [0, 0.1) is 13.8 Å². The largest absolute Gasteiger partial charge is 0.435 e. The van der Waals surface area contributed by atoms with Crippen molar-refractivity contribution in [3.8, 4) is 5.75 Å². The van der Waals surface area contributed by atoms with Gasteiger partial charge in [-0.2, -0.15) is 13.9 Å². The summed E-state index contributed by atoms with van der Waals surface area (Å²) in [7, 11) is 1.83. The maximum absolute atomic E-state index is 12.2. The van der Waals surface area contributed by atoms with Gasteiger partial charge < -0.3 is 4.74 Å². The summed E-state index contributed by atoms with van der Waals surface area (Å²) < 4.78 is 30.4. The van der Waals surface area contributed by atoms with Crippen LogP contribution in [0.3, 0.4) is 0 Å². The summed E-state index contributed by atoms with van der Waals surface area (Å²) in [4.78, 5) is 12.1. The van der Waals surface area contributed by atoms with Gasteiger partial charge in [-0.05, 0) is 38.1 Å². The van der Waals surface area contributed by atoms with E-state index in [9.17, 15) is 13.6 Å². The van der Waals surface area contributed by atoms with E-state index in [0.717, 1.165) is 17.0 Å². The molecule has 2 rings (SSSR count). The van der Waals surface area contributed by atoms with Gasteiger partial charge in [0.1, 0.15) is 5.75 Å². The topological polar surface area (TPSA) is 44.1 Å². The summed E-state index contributed by atoms with van der Waals surface area (Å²) in [6.45, 7) is 0.844. The Bertz CT molecular complexity index is 721. The number of aryl methyl sites for hydroxylation is 2. The van der Waals surface area contributed by atoms with Crippen molar-refractivity contribution in [3.63, 3.8) is 0 Å². The lowest BCUT2D eigenvalue weighted by atomic mass is 10.1. The zero-order valence-electron chi connectivity index (χ0n) is 12.5. The number of carbonyl (C=O) groups excluding carboxylic acids is 1. The molecule has 0 aliphatic heterocycles. The Morgan fingerprint density at radius 3 is 2.68 bits per heavy atom. The first kappa shape index (κ1) is 15.9. The monoisotopic (exact) mass is 306 g/mol. The summed E-state index contributed by atoms with van der Waals surface area (Å²) in [5, 5.41) is 4.26. The minimum absolute atomic E-state index is 0.0389. The Kier molecular flexibility index (Phi) is 4.70. The van der Waals surface area contributed by atoms with Crippen molar-refractivity contribution in [2.45, 2.75) is 20.5 Å². The Hall–Kier alpha value is -2.50. The first-order valence-corrected chi connectivity index (χ1v) is 6.66. The first-order chi connectivity index (χ1) is 10.4. The van der Waals surface area contributed by atoms with Gasteiger partial charge in [-0.3, -0.25) is 9.48 Å². The molecule has 1 heterocycles. The molecule has 0 aliphatic carbocycles. The Morgan fingerprint density at radius 2 is 2.09 bits per heavy atom. The molecule has 0 N–H and O–H groups in total. The predicted octanol–water partition coefficient (Wildman–Crippen LogP) is 3.53. The van der Waals surface area contributed by atoms with Crippen LogP contribution in [0.2, 0.25) is 0 Å². The molecule has 0 atom stereocenters. The molecule has 116 valence electrons. The second kappa shape index (κ2) is 6.51. The van der Waals surface area contributed by atoms with Crippen LogP contribution in [0.15, 0.2) is 30.3 Å². The van der Waals surface area contributed by atoms with E-state index in [1.54, 1.807) is 16.8 Å². The van der Waals surface area contributed by atoms with E-state index in [1.807, 2.05) is 20.9 Å². The second-order valence-corrected chi connectivity index (χ2v) is 4.81. The van der Waals surface area contributed by atoms with Gasteiger partial charge in [0.2, 0.25) is 0 Å². The van der Waals surface area contributed by atoms with Crippen molar-refractivity contribution in [2.24, 2.45) is 7.05 Å². The third-order valence-corrected chi connectivity index (χ3v) is 3.31. The van der Waals surface area contributed by atoms with Gasteiger partial charge in [0, 0.05) is 23.9 Å². The fraction of sp³-hybridized carbons (Fsp3) is 0.250.